The Labute approximate surface area is 37.8 Å². The molecule has 0 aliphatic rings. The second kappa shape index (κ2) is 2.15. The molecule has 0 aliphatic heterocycles. The van der Waals surface area contributed by atoms with Crippen LogP contribution in [0.2, 0.25) is 0 Å². The molecule has 30 valence electrons. The first-order valence-corrected chi connectivity index (χ1v) is 1.71. The van der Waals surface area contributed by atoms with E-state index >= 15 is 0 Å². The molecule has 2 heteroatoms. The maximum absolute atomic E-state index is 3.81. The van der Waals surface area contributed by atoms with Crippen molar-refractivity contribution in [3.8, 4) is 0 Å². The molecule has 0 spiro atoms. The lowest BCUT2D eigenvalue weighted by Crippen LogP contribution is -1.87. The number of nitrogens with zero attached hydrogens (tertiary/aromatic N) is 1. The van der Waals surface area contributed by atoms with Crippen molar-refractivity contribution in [3.05, 3.63) is 12.8 Å². The van der Waals surface area contributed by atoms with E-state index in [0.717, 1.165) is 0 Å². The van der Waals surface area contributed by atoms with E-state index in [1.807, 2.05) is 0 Å². The summed E-state index contributed by atoms with van der Waals surface area (Å²) in [4.78, 5) is 0. The van der Waals surface area contributed by atoms with E-state index in [1.165, 1.54) is 0 Å². The van der Waals surface area contributed by atoms with Gasteiger partial charge >= 0.3 is 0 Å². The van der Waals surface area contributed by atoms with Gasteiger partial charge in [0, 0.05) is 13.2 Å². The van der Waals surface area contributed by atoms with Crippen molar-refractivity contribution in [3.63, 3.8) is 0 Å². The van der Waals surface area contributed by atoms with E-state index in [0.29, 0.717) is 0 Å². The average Bonchev–Trinajstić information content (AvgIpc) is 1.38. The third-order valence-electron chi connectivity index (χ3n) is 0.264. The largest absolute Gasteiger partial charge is 0.329 e. The van der Waals surface area contributed by atoms with Gasteiger partial charge in [-0.25, -0.2) is 0 Å². The monoisotopic (exact) mass is 89.0 g/mol. The van der Waals surface area contributed by atoms with Gasteiger partial charge in [-0.1, -0.05) is 19.4 Å². The fourth-order valence-corrected chi connectivity index (χ4v) is 0. The summed E-state index contributed by atoms with van der Waals surface area (Å²) in [6.07, 6.45) is 1.61. The topological polar surface area (TPSA) is 3.24 Å². The fraction of sp³-hybridized carbons (Fsp3) is 0.333. The number of hydrogen-bond acceptors (Lipinski definition) is 2. The third-order valence-corrected chi connectivity index (χ3v) is 0.428. The Morgan fingerprint density at radius 2 is 2.20 bits per heavy atom. The predicted octanol–water partition coefficient (Wildman–Crippen LogP) is 0.907. The minimum Gasteiger partial charge on any atom is -0.329 e. The van der Waals surface area contributed by atoms with Gasteiger partial charge < -0.3 is 4.31 Å². The van der Waals surface area contributed by atoms with E-state index in [-0.39, 0.29) is 0 Å². The number of rotatable bonds is 1. The highest BCUT2D eigenvalue weighted by atomic mass is 32.1. The molecule has 0 saturated heterocycles. The summed E-state index contributed by atoms with van der Waals surface area (Å²) in [5.41, 5.74) is 0. The Balaban J connectivity index is 2.83. The van der Waals surface area contributed by atoms with Crippen LogP contribution in [0.25, 0.3) is 0 Å². The summed E-state index contributed by atoms with van der Waals surface area (Å²) >= 11 is 3.81. The molecule has 0 saturated carbocycles. The van der Waals surface area contributed by atoms with Crippen LogP contribution < -0.4 is 0 Å². The minimum atomic E-state index is 1.58. The molecule has 5 heavy (non-hydrogen) atoms. The quantitative estimate of drug-likeness (QED) is 0.467. The van der Waals surface area contributed by atoms with Gasteiger partial charge in [-0.2, -0.15) is 0 Å². The summed E-state index contributed by atoms with van der Waals surface area (Å²) in [5, 5.41) is 0. The fourth-order valence-electron chi connectivity index (χ4n) is 0. The molecule has 0 atom stereocenters. The molecular weight excluding hydrogens is 82.1 g/mol. The van der Waals surface area contributed by atoms with Crippen LogP contribution in [0.15, 0.2) is 12.8 Å². The zero-order valence-electron chi connectivity index (χ0n) is 3.18. The van der Waals surface area contributed by atoms with Gasteiger partial charge in [0.05, 0.1) is 0 Å². The van der Waals surface area contributed by atoms with Gasteiger partial charge in [0.15, 0.2) is 0 Å². The molecule has 0 aromatic heterocycles. The van der Waals surface area contributed by atoms with Crippen LogP contribution in [-0.4, -0.2) is 11.4 Å². The van der Waals surface area contributed by atoms with Crippen LogP contribution in [0.4, 0.5) is 0 Å². The lowest BCUT2D eigenvalue weighted by atomic mass is 11.0. The molecule has 0 radical (unpaired) electrons. The van der Waals surface area contributed by atoms with Crippen molar-refractivity contribution in [2.75, 3.05) is 7.05 Å². The van der Waals surface area contributed by atoms with E-state index < -0.39 is 0 Å². The normalized spacial score (nSPS) is 6.80. The van der Waals surface area contributed by atoms with Gasteiger partial charge in [0.25, 0.3) is 0 Å². The molecule has 0 aromatic carbocycles. The second-order valence-electron chi connectivity index (χ2n) is 0.756. The van der Waals surface area contributed by atoms with E-state index in [1.54, 1.807) is 17.6 Å². The maximum Gasteiger partial charge on any atom is 0.0173 e. The highest BCUT2D eigenvalue weighted by Crippen LogP contribution is 1.80. The third kappa shape index (κ3) is 3.89. The zero-order chi connectivity index (χ0) is 4.28. The van der Waals surface area contributed by atoms with E-state index in [9.17, 15) is 0 Å². The summed E-state index contributed by atoms with van der Waals surface area (Å²) in [6, 6.07) is 0. The Morgan fingerprint density at radius 3 is 2.20 bits per heavy atom. The molecule has 0 fully saturated rings. The van der Waals surface area contributed by atoms with Crippen molar-refractivity contribution < 1.29 is 0 Å². The Kier molecular flexibility index (Phi) is 2.10. The van der Waals surface area contributed by atoms with Crippen LogP contribution in [0.5, 0.6) is 0 Å². The molecule has 0 heterocycles. The molecule has 1 nitrogen and oxygen atoms in total. The van der Waals surface area contributed by atoms with Crippen LogP contribution in [-0.2, 0) is 0 Å². The van der Waals surface area contributed by atoms with Crippen molar-refractivity contribution in [2.45, 2.75) is 0 Å². The van der Waals surface area contributed by atoms with Crippen molar-refractivity contribution in [1.29, 1.82) is 0 Å². The standard InChI is InChI=1S/C3H7NS/c1-3-4(2)5/h3,5H,1H2,2H3. The van der Waals surface area contributed by atoms with Crippen LogP contribution in [0, 0.1) is 0 Å². The number of hydrogen-bond donors (Lipinski definition) is 1. The number of thiol groups is 1. The van der Waals surface area contributed by atoms with Gasteiger partial charge in [-0.3, -0.25) is 0 Å². The van der Waals surface area contributed by atoms with E-state index in [2.05, 4.69) is 19.4 Å². The second-order valence-corrected chi connectivity index (χ2v) is 1.39. The molecule has 0 aliphatic carbocycles. The van der Waals surface area contributed by atoms with Gasteiger partial charge in [0.1, 0.15) is 0 Å². The summed E-state index contributed by atoms with van der Waals surface area (Å²) in [6.45, 7) is 3.41. The molecule has 0 N–H and O–H groups in total. The minimum absolute atomic E-state index is 1.58. The SMILES string of the molecule is C=CN(C)S. The molecule has 0 bridgehead atoms. The predicted molar refractivity (Wildman–Crippen MR) is 26.9 cm³/mol. The first-order chi connectivity index (χ1) is 2.27. The summed E-state index contributed by atoms with van der Waals surface area (Å²) in [7, 11) is 1.80. The highest BCUT2D eigenvalue weighted by Gasteiger charge is 1.63. The smallest absolute Gasteiger partial charge is 0.0173 e. The Hall–Kier alpha value is -0.110. The van der Waals surface area contributed by atoms with Crippen molar-refractivity contribution in [2.24, 2.45) is 0 Å². The molecule has 0 aromatic rings. The molecule has 0 unspecified atom stereocenters. The van der Waals surface area contributed by atoms with Crippen molar-refractivity contribution >= 4 is 12.8 Å². The first kappa shape index (κ1) is 4.89. The Bertz CT molecular complexity index is 33.9. The van der Waals surface area contributed by atoms with Crippen LogP contribution in [0.3, 0.4) is 0 Å². The molecule has 0 amide bonds. The lowest BCUT2D eigenvalue weighted by Gasteiger charge is -1.96. The van der Waals surface area contributed by atoms with Crippen molar-refractivity contribution in [1.82, 2.24) is 4.31 Å². The van der Waals surface area contributed by atoms with Gasteiger partial charge in [-0.05, 0) is 0 Å². The summed E-state index contributed by atoms with van der Waals surface area (Å²) < 4.78 is 1.58. The highest BCUT2D eigenvalue weighted by molar-refractivity contribution is 7.77. The van der Waals surface area contributed by atoms with Gasteiger partial charge in [0.2, 0.25) is 0 Å². The zero-order valence-corrected chi connectivity index (χ0v) is 4.07. The van der Waals surface area contributed by atoms with Crippen LogP contribution >= 0.6 is 12.8 Å². The van der Waals surface area contributed by atoms with Crippen LogP contribution in [0.1, 0.15) is 0 Å². The lowest BCUT2D eigenvalue weighted by molar-refractivity contribution is 0.790. The van der Waals surface area contributed by atoms with E-state index in [4.69, 9.17) is 0 Å². The van der Waals surface area contributed by atoms with Gasteiger partial charge in [-0.15, -0.1) is 0 Å². The summed E-state index contributed by atoms with van der Waals surface area (Å²) in [5.74, 6) is 0. The first-order valence-electron chi connectivity index (χ1n) is 1.31. The Morgan fingerprint density at radius 1 is 2.00 bits per heavy atom. The molecule has 0 rings (SSSR count). The maximum atomic E-state index is 3.81. The molecular formula is C3H7NS. The average molecular weight is 89.2 g/mol.